The van der Waals surface area contributed by atoms with Gasteiger partial charge in [-0.15, -0.1) is 6.58 Å². The quantitative estimate of drug-likeness (QED) is 0.430. The number of rotatable bonds is 4. The van der Waals surface area contributed by atoms with Gasteiger partial charge in [-0.25, -0.2) is 0 Å². The summed E-state index contributed by atoms with van der Waals surface area (Å²) in [4.78, 5) is 10.5. The molecule has 0 heterocycles. The van der Waals surface area contributed by atoms with Crippen LogP contribution in [0, 0.1) is 5.41 Å². The average molecular weight is 138 g/mol. The number of hydrogen-bond acceptors (Lipinski definition) is 1. The second-order valence-electron chi connectivity index (χ2n) is 3.44. The van der Waals surface area contributed by atoms with Gasteiger partial charge in [0.25, 0.3) is 0 Å². The molecule has 1 fully saturated rings. The Morgan fingerprint density at radius 3 is 2.60 bits per heavy atom. The third kappa shape index (κ3) is 1.69. The SMILES string of the molecule is C=C(C)CCC1(C=O)CC1. The Hall–Kier alpha value is -0.590. The van der Waals surface area contributed by atoms with Gasteiger partial charge in [-0.1, -0.05) is 5.57 Å². The van der Waals surface area contributed by atoms with Crippen molar-refractivity contribution >= 4 is 6.29 Å². The Kier molecular flexibility index (Phi) is 1.93. The van der Waals surface area contributed by atoms with Crippen molar-refractivity contribution in [1.82, 2.24) is 0 Å². The minimum Gasteiger partial charge on any atom is -0.303 e. The Balaban J connectivity index is 2.25. The lowest BCUT2D eigenvalue weighted by atomic mass is 10.00. The van der Waals surface area contributed by atoms with Gasteiger partial charge in [0, 0.05) is 5.41 Å². The van der Waals surface area contributed by atoms with Crippen molar-refractivity contribution in [2.45, 2.75) is 32.6 Å². The van der Waals surface area contributed by atoms with E-state index in [0.29, 0.717) is 0 Å². The smallest absolute Gasteiger partial charge is 0.126 e. The number of allylic oxidation sites excluding steroid dienone is 1. The molecule has 0 aromatic carbocycles. The van der Waals surface area contributed by atoms with E-state index >= 15 is 0 Å². The zero-order chi connectivity index (χ0) is 7.61. The van der Waals surface area contributed by atoms with Gasteiger partial charge in [-0.3, -0.25) is 0 Å². The number of hydrogen-bond donors (Lipinski definition) is 0. The zero-order valence-electron chi connectivity index (χ0n) is 6.52. The van der Waals surface area contributed by atoms with Crippen LogP contribution in [-0.4, -0.2) is 6.29 Å². The third-order valence-electron chi connectivity index (χ3n) is 2.19. The van der Waals surface area contributed by atoms with E-state index < -0.39 is 0 Å². The maximum atomic E-state index is 10.5. The normalized spacial score (nSPS) is 20.1. The van der Waals surface area contributed by atoms with E-state index in [-0.39, 0.29) is 5.41 Å². The van der Waals surface area contributed by atoms with E-state index in [1.807, 2.05) is 6.92 Å². The topological polar surface area (TPSA) is 17.1 Å². The molecule has 10 heavy (non-hydrogen) atoms. The van der Waals surface area contributed by atoms with Crippen LogP contribution in [0.25, 0.3) is 0 Å². The lowest BCUT2D eigenvalue weighted by molar-refractivity contribution is -0.112. The van der Waals surface area contributed by atoms with Crippen LogP contribution in [-0.2, 0) is 4.79 Å². The van der Waals surface area contributed by atoms with E-state index in [2.05, 4.69) is 6.58 Å². The summed E-state index contributed by atoms with van der Waals surface area (Å²) in [6.45, 7) is 5.82. The molecule has 0 atom stereocenters. The molecule has 0 unspecified atom stereocenters. The van der Waals surface area contributed by atoms with E-state index in [9.17, 15) is 4.79 Å². The minimum absolute atomic E-state index is 0.0823. The van der Waals surface area contributed by atoms with E-state index in [1.165, 1.54) is 5.57 Å². The fourth-order valence-electron chi connectivity index (χ4n) is 1.05. The Morgan fingerprint density at radius 1 is 1.70 bits per heavy atom. The van der Waals surface area contributed by atoms with Crippen LogP contribution in [0.3, 0.4) is 0 Å². The molecule has 0 radical (unpaired) electrons. The first kappa shape index (κ1) is 7.52. The predicted molar refractivity (Wildman–Crippen MR) is 41.8 cm³/mol. The molecule has 0 N–H and O–H groups in total. The Labute approximate surface area is 62.1 Å². The van der Waals surface area contributed by atoms with Crippen LogP contribution in [0.2, 0.25) is 0 Å². The first-order valence-corrected chi connectivity index (χ1v) is 3.79. The van der Waals surface area contributed by atoms with Gasteiger partial charge in [0.15, 0.2) is 0 Å². The molecule has 0 saturated heterocycles. The molecule has 0 aromatic heterocycles. The highest BCUT2D eigenvalue weighted by Gasteiger charge is 2.41. The highest BCUT2D eigenvalue weighted by Crippen LogP contribution is 2.47. The molecular weight excluding hydrogens is 124 g/mol. The summed E-state index contributed by atoms with van der Waals surface area (Å²) >= 11 is 0. The van der Waals surface area contributed by atoms with E-state index in [1.54, 1.807) is 0 Å². The summed E-state index contributed by atoms with van der Waals surface area (Å²) in [7, 11) is 0. The van der Waals surface area contributed by atoms with E-state index in [4.69, 9.17) is 0 Å². The minimum atomic E-state index is 0.0823. The molecule has 0 aromatic rings. The Morgan fingerprint density at radius 2 is 2.30 bits per heavy atom. The maximum Gasteiger partial charge on any atom is 0.126 e. The van der Waals surface area contributed by atoms with Crippen LogP contribution in [0.1, 0.15) is 32.6 Å². The van der Waals surface area contributed by atoms with Crippen molar-refractivity contribution in [1.29, 1.82) is 0 Å². The lowest BCUT2D eigenvalue weighted by Crippen LogP contribution is -2.00. The van der Waals surface area contributed by atoms with Gasteiger partial charge in [0.1, 0.15) is 6.29 Å². The first-order valence-electron chi connectivity index (χ1n) is 3.79. The molecule has 0 spiro atoms. The van der Waals surface area contributed by atoms with Crippen molar-refractivity contribution in [3.05, 3.63) is 12.2 Å². The summed E-state index contributed by atoms with van der Waals surface area (Å²) < 4.78 is 0. The van der Waals surface area contributed by atoms with Gasteiger partial charge in [0.2, 0.25) is 0 Å². The second-order valence-corrected chi connectivity index (χ2v) is 3.44. The largest absolute Gasteiger partial charge is 0.303 e. The number of aldehydes is 1. The fraction of sp³-hybridized carbons (Fsp3) is 0.667. The van der Waals surface area contributed by atoms with Crippen molar-refractivity contribution < 1.29 is 4.79 Å². The molecule has 0 bridgehead atoms. The van der Waals surface area contributed by atoms with Crippen molar-refractivity contribution in [3.8, 4) is 0 Å². The summed E-state index contributed by atoms with van der Waals surface area (Å²) in [5.41, 5.74) is 1.27. The van der Waals surface area contributed by atoms with Gasteiger partial charge >= 0.3 is 0 Å². The van der Waals surface area contributed by atoms with Gasteiger partial charge in [-0.2, -0.15) is 0 Å². The Bertz CT molecular complexity index is 154. The molecule has 0 amide bonds. The van der Waals surface area contributed by atoms with Crippen molar-refractivity contribution in [2.24, 2.45) is 5.41 Å². The van der Waals surface area contributed by atoms with Crippen LogP contribution in [0.5, 0.6) is 0 Å². The molecule has 1 nitrogen and oxygen atoms in total. The zero-order valence-corrected chi connectivity index (χ0v) is 6.52. The summed E-state index contributed by atoms with van der Waals surface area (Å²) in [5.74, 6) is 0. The molecule has 1 aliphatic rings. The number of carbonyl (C=O) groups is 1. The van der Waals surface area contributed by atoms with Gasteiger partial charge in [0.05, 0.1) is 0 Å². The fourth-order valence-corrected chi connectivity index (χ4v) is 1.05. The first-order chi connectivity index (χ1) is 4.68. The molecule has 1 saturated carbocycles. The van der Waals surface area contributed by atoms with Crippen LogP contribution in [0.15, 0.2) is 12.2 Å². The summed E-state index contributed by atoms with van der Waals surface area (Å²) in [6.07, 6.45) is 5.36. The predicted octanol–water partition coefficient (Wildman–Crippen LogP) is 2.32. The third-order valence-corrected chi connectivity index (χ3v) is 2.19. The second kappa shape index (κ2) is 2.57. The number of carbonyl (C=O) groups excluding carboxylic acids is 1. The maximum absolute atomic E-state index is 10.5. The standard InChI is InChI=1S/C9H14O/c1-8(2)3-4-9(7-10)5-6-9/h7H,1,3-6H2,2H3. The molecule has 1 heteroatoms. The molecule has 0 aliphatic heterocycles. The summed E-state index contributed by atoms with van der Waals surface area (Å²) in [6, 6.07) is 0. The molecular formula is C9H14O. The van der Waals surface area contributed by atoms with Crippen molar-refractivity contribution in [2.75, 3.05) is 0 Å². The molecule has 56 valence electrons. The average Bonchev–Trinajstić information content (AvgIpc) is 2.64. The van der Waals surface area contributed by atoms with Gasteiger partial charge < -0.3 is 4.79 Å². The highest BCUT2D eigenvalue weighted by atomic mass is 16.1. The van der Waals surface area contributed by atoms with Crippen LogP contribution in [0.4, 0.5) is 0 Å². The van der Waals surface area contributed by atoms with Crippen molar-refractivity contribution in [3.63, 3.8) is 0 Å². The summed E-state index contributed by atoms with van der Waals surface area (Å²) in [5, 5.41) is 0. The molecule has 1 rings (SSSR count). The van der Waals surface area contributed by atoms with E-state index in [0.717, 1.165) is 32.0 Å². The van der Waals surface area contributed by atoms with Crippen LogP contribution >= 0.6 is 0 Å². The molecule has 1 aliphatic carbocycles. The van der Waals surface area contributed by atoms with Gasteiger partial charge in [-0.05, 0) is 32.6 Å². The monoisotopic (exact) mass is 138 g/mol. The highest BCUT2D eigenvalue weighted by molar-refractivity contribution is 5.63. The van der Waals surface area contributed by atoms with Crippen LogP contribution < -0.4 is 0 Å². The lowest BCUT2D eigenvalue weighted by Gasteiger charge is -2.04.